The van der Waals surface area contributed by atoms with Crippen molar-refractivity contribution in [1.29, 1.82) is 0 Å². The van der Waals surface area contributed by atoms with E-state index in [4.69, 9.17) is 11.6 Å². The fraction of sp³-hybridized carbons (Fsp3) is 0.250. The summed E-state index contributed by atoms with van der Waals surface area (Å²) >= 11 is 7.80. The summed E-state index contributed by atoms with van der Waals surface area (Å²) in [4.78, 5) is 10.7. The van der Waals surface area contributed by atoms with Crippen molar-refractivity contribution in [2.24, 2.45) is 0 Å². The smallest absolute Gasteiger partial charge is 0.138 e. The summed E-state index contributed by atoms with van der Waals surface area (Å²) in [6, 6.07) is 9.36. The van der Waals surface area contributed by atoms with Gasteiger partial charge in [0, 0.05) is 22.0 Å². The summed E-state index contributed by atoms with van der Waals surface area (Å²) in [5.41, 5.74) is -0.406. The lowest BCUT2D eigenvalue weighted by atomic mass is 9.96. The zero-order valence-electron chi connectivity index (χ0n) is 12.3. The summed E-state index contributed by atoms with van der Waals surface area (Å²) < 4.78 is 0. The summed E-state index contributed by atoms with van der Waals surface area (Å²) in [5.74, 6) is 0.724. The summed E-state index contributed by atoms with van der Waals surface area (Å²) in [5, 5.41) is 15.5. The minimum Gasteiger partial charge on any atom is -0.384 e. The first-order chi connectivity index (χ1) is 10.5. The molecule has 2 N–H and O–H groups in total. The van der Waals surface area contributed by atoms with Gasteiger partial charge in [0.25, 0.3) is 0 Å². The number of halogens is 1. The normalized spacial score (nSPS) is 14.0. The Morgan fingerprint density at radius 2 is 2.09 bits per heavy atom. The topological polar surface area (TPSA) is 58.0 Å². The highest BCUT2D eigenvalue weighted by atomic mass is 35.5. The highest BCUT2D eigenvalue weighted by Gasteiger charge is 2.25. The molecule has 1 aromatic carbocycles. The number of aryl methyl sites for hydroxylation is 1. The molecule has 22 heavy (non-hydrogen) atoms. The number of fused-ring (bicyclic) bond motifs is 1. The molecule has 0 aliphatic carbocycles. The van der Waals surface area contributed by atoms with Gasteiger partial charge < -0.3 is 10.4 Å². The Bertz CT molecular complexity index is 816. The Morgan fingerprint density at radius 3 is 2.86 bits per heavy atom. The van der Waals surface area contributed by atoms with E-state index >= 15 is 0 Å². The summed E-state index contributed by atoms with van der Waals surface area (Å²) in [6.07, 6.45) is 1.53. The van der Waals surface area contributed by atoms with Crippen LogP contribution in [0.1, 0.15) is 17.4 Å². The van der Waals surface area contributed by atoms with Gasteiger partial charge in [-0.05, 0) is 26.0 Å². The van der Waals surface area contributed by atoms with Crippen LogP contribution in [0.15, 0.2) is 36.7 Å². The van der Waals surface area contributed by atoms with Crippen molar-refractivity contribution in [3.63, 3.8) is 0 Å². The standard InChI is InChI=1S/C16H16ClN3OS/c1-10-7-11-14(19-9-20-15(11)22-10)18-8-16(2,21)12-5-3-4-6-13(12)17/h3-7,9,21H,8H2,1-2H3,(H,18,19,20). The van der Waals surface area contributed by atoms with E-state index in [9.17, 15) is 5.11 Å². The first-order valence-corrected chi connectivity index (χ1v) is 8.09. The third-order valence-electron chi connectivity index (χ3n) is 3.51. The molecule has 3 aromatic rings. The third-order valence-corrected chi connectivity index (χ3v) is 4.79. The molecule has 0 spiro atoms. The van der Waals surface area contributed by atoms with Gasteiger partial charge in [-0.2, -0.15) is 0 Å². The number of nitrogens with one attached hydrogen (secondary N) is 1. The maximum atomic E-state index is 10.7. The number of benzene rings is 1. The van der Waals surface area contributed by atoms with E-state index < -0.39 is 5.60 Å². The van der Waals surface area contributed by atoms with Gasteiger partial charge in [0.05, 0.1) is 5.39 Å². The molecule has 3 rings (SSSR count). The number of aromatic nitrogens is 2. The minimum atomic E-state index is -1.10. The van der Waals surface area contributed by atoms with Crippen LogP contribution in [0.4, 0.5) is 5.82 Å². The predicted molar refractivity (Wildman–Crippen MR) is 91.7 cm³/mol. The van der Waals surface area contributed by atoms with Crippen LogP contribution in [0, 0.1) is 6.92 Å². The Balaban J connectivity index is 1.86. The molecule has 114 valence electrons. The molecule has 2 heterocycles. The average molecular weight is 334 g/mol. The molecular formula is C16H16ClN3OS. The van der Waals surface area contributed by atoms with E-state index in [0.717, 1.165) is 16.0 Å². The Morgan fingerprint density at radius 1 is 1.32 bits per heavy atom. The molecule has 0 radical (unpaired) electrons. The SMILES string of the molecule is Cc1cc2c(NCC(C)(O)c3ccccc3Cl)ncnc2s1. The molecule has 0 bridgehead atoms. The van der Waals surface area contributed by atoms with Gasteiger partial charge in [0.15, 0.2) is 0 Å². The Labute approximate surface area is 137 Å². The highest BCUT2D eigenvalue weighted by molar-refractivity contribution is 7.18. The first-order valence-electron chi connectivity index (χ1n) is 6.90. The van der Waals surface area contributed by atoms with Gasteiger partial charge in [-0.25, -0.2) is 9.97 Å². The van der Waals surface area contributed by atoms with E-state index in [1.165, 1.54) is 11.2 Å². The van der Waals surface area contributed by atoms with Crippen LogP contribution >= 0.6 is 22.9 Å². The molecule has 0 aliphatic heterocycles. The van der Waals surface area contributed by atoms with Crippen molar-refractivity contribution in [2.75, 3.05) is 11.9 Å². The zero-order chi connectivity index (χ0) is 15.7. The third kappa shape index (κ3) is 2.92. The lowest BCUT2D eigenvalue weighted by molar-refractivity contribution is 0.0716. The van der Waals surface area contributed by atoms with E-state index in [-0.39, 0.29) is 0 Å². The molecule has 2 aromatic heterocycles. The van der Waals surface area contributed by atoms with Crippen LogP contribution in [0.2, 0.25) is 5.02 Å². The average Bonchev–Trinajstić information content (AvgIpc) is 2.86. The predicted octanol–water partition coefficient (Wildman–Crippen LogP) is 3.97. The molecular weight excluding hydrogens is 318 g/mol. The van der Waals surface area contributed by atoms with Gasteiger partial charge in [-0.3, -0.25) is 0 Å². The lowest BCUT2D eigenvalue weighted by Crippen LogP contribution is -2.31. The van der Waals surface area contributed by atoms with Crippen LogP contribution in [-0.4, -0.2) is 21.6 Å². The summed E-state index contributed by atoms with van der Waals surface area (Å²) in [6.45, 7) is 4.08. The van der Waals surface area contributed by atoms with Crippen molar-refractivity contribution in [3.8, 4) is 0 Å². The maximum absolute atomic E-state index is 10.7. The maximum Gasteiger partial charge on any atom is 0.138 e. The Kier molecular flexibility index (Phi) is 4.04. The van der Waals surface area contributed by atoms with E-state index in [1.54, 1.807) is 24.3 Å². The monoisotopic (exact) mass is 333 g/mol. The largest absolute Gasteiger partial charge is 0.384 e. The van der Waals surface area contributed by atoms with Crippen LogP contribution in [0.5, 0.6) is 0 Å². The molecule has 4 nitrogen and oxygen atoms in total. The van der Waals surface area contributed by atoms with Gasteiger partial charge in [0.2, 0.25) is 0 Å². The number of hydrogen-bond acceptors (Lipinski definition) is 5. The molecule has 0 amide bonds. The molecule has 0 saturated heterocycles. The fourth-order valence-electron chi connectivity index (χ4n) is 2.37. The van der Waals surface area contributed by atoms with Gasteiger partial charge in [-0.15, -0.1) is 11.3 Å². The van der Waals surface area contributed by atoms with Crippen molar-refractivity contribution in [1.82, 2.24) is 9.97 Å². The Hall–Kier alpha value is -1.69. The van der Waals surface area contributed by atoms with Crippen molar-refractivity contribution < 1.29 is 5.11 Å². The van der Waals surface area contributed by atoms with E-state index in [0.29, 0.717) is 17.1 Å². The van der Waals surface area contributed by atoms with Crippen molar-refractivity contribution in [2.45, 2.75) is 19.4 Å². The minimum absolute atomic E-state index is 0.303. The van der Waals surface area contributed by atoms with E-state index in [1.807, 2.05) is 31.2 Å². The lowest BCUT2D eigenvalue weighted by Gasteiger charge is -2.25. The molecule has 0 fully saturated rings. The van der Waals surface area contributed by atoms with Crippen LogP contribution < -0.4 is 5.32 Å². The van der Waals surface area contributed by atoms with Gasteiger partial charge in [-0.1, -0.05) is 29.8 Å². The van der Waals surface area contributed by atoms with Crippen LogP contribution in [0.25, 0.3) is 10.2 Å². The number of thiophene rings is 1. The number of anilines is 1. The second kappa shape index (κ2) is 5.83. The van der Waals surface area contributed by atoms with Crippen molar-refractivity contribution in [3.05, 3.63) is 52.1 Å². The van der Waals surface area contributed by atoms with Gasteiger partial charge >= 0.3 is 0 Å². The van der Waals surface area contributed by atoms with Gasteiger partial charge in [0.1, 0.15) is 22.6 Å². The summed E-state index contributed by atoms with van der Waals surface area (Å²) in [7, 11) is 0. The van der Waals surface area contributed by atoms with Crippen LogP contribution in [0.3, 0.4) is 0 Å². The van der Waals surface area contributed by atoms with Crippen molar-refractivity contribution >= 4 is 39.0 Å². The highest BCUT2D eigenvalue weighted by Crippen LogP contribution is 2.30. The van der Waals surface area contributed by atoms with E-state index in [2.05, 4.69) is 15.3 Å². The molecule has 6 heteroatoms. The molecule has 0 saturated carbocycles. The molecule has 1 atom stereocenters. The zero-order valence-corrected chi connectivity index (χ0v) is 13.9. The number of hydrogen-bond donors (Lipinski definition) is 2. The molecule has 0 aliphatic rings. The first kappa shape index (κ1) is 15.2. The number of aliphatic hydroxyl groups is 1. The molecule has 1 unspecified atom stereocenters. The second-order valence-corrected chi connectivity index (χ2v) is 7.05. The second-order valence-electron chi connectivity index (χ2n) is 5.41. The number of rotatable bonds is 4. The fourth-order valence-corrected chi connectivity index (χ4v) is 3.55. The number of nitrogens with zero attached hydrogens (tertiary/aromatic N) is 2. The quantitative estimate of drug-likeness (QED) is 0.758. The van der Waals surface area contributed by atoms with Crippen LogP contribution in [-0.2, 0) is 5.60 Å².